The summed E-state index contributed by atoms with van der Waals surface area (Å²) in [7, 11) is 0. The van der Waals surface area contributed by atoms with Crippen LogP contribution in [-0.2, 0) is 9.53 Å². The molecule has 2 amide bonds. The number of benzene rings is 3. The maximum absolute atomic E-state index is 13.1. The molecule has 0 fully saturated rings. The molecule has 194 valence electrons. The van der Waals surface area contributed by atoms with E-state index in [1.54, 1.807) is 25.1 Å². The van der Waals surface area contributed by atoms with Gasteiger partial charge in [-0.05, 0) is 61.9 Å². The third kappa shape index (κ3) is 6.87. The van der Waals surface area contributed by atoms with Gasteiger partial charge in [-0.25, -0.2) is 9.18 Å². The first kappa shape index (κ1) is 27.1. The number of ether oxygens (including phenoxy) is 1. The lowest BCUT2D eigenvalue weighted by atomic mass is 10.0. The Kier molecular flexibility index (Phi) is 8.93. The van der Waals surface area contributed by atoms with Crippen molar-refractivity contribution in [3.63, 3.8) is 0 Å². The van der Waals surface area contributed by atoms with E-state index in [-0.39, 0.29) is 24.2 Å². The van der Waals surface area contributed by atoms with Crippen LogP contribution in [0, 0.1) is 12.7 Å². The number of hydrogen-bond donors (Lipinski definition) is 2. The van der Waals surface area contributed by atoms with Crippen LogP contribution >= 0.6 is 23.1 Å². The van der Waals surface area contributed by atoms with E-state index in [0.29, 0.717) is 27.4 Å². The van der Waals surface area contributed by atoms with Crippen LogP contribution in [0.4, 0.5) is 15.1 Å². The predicted octanol–water partition coefficient (Wildman–Crippen LogP) is 7.02. The van der Waals surface area contributed by atoms with Crippen LogP contribution in [-0.4, -0.2) is 30.1 Å². The number of anilines is 2. The molecule has 0 saturated heterocycles. The third-order valence-electron chi connectivity index (χ3n) is 5.45. The number of rotatable bonds is 9. The number of carbonyl (C=O) groups is 3. The molecule has 3 aromatic carbocycles. The number of carbonyl (C=O) groups excluding carboxylic acids is 3. The number of thioether (sulfide) groups is 1. The highest BCUT2D eigenvalue weighted by molar-refractivity contribution is 8.00. The lowest BCUT2D eigenvalue weighted by Gasteiger charge is -2.10. The van der Waals surface area contributed by atoms with Crippen molar-refractivity contribution in [2.45, 2.75) is 18.7 Å². The Morgan fingerprint density at radius 2 is 1.71 bits per heavy atom. The van der Waals surface area contributed by atoms with Crippen molar-refractivity contribution >= 4 is 51.6 Å². The normalized spacial score (nSPS) is 10.6. The monoisotopic (exact) mass is 548 g/mol. The van der Waals surface area contributed by atoms with Crippen molar-refractivity contribution in [2.24, 2.45) is 0 Å². The van der Waals surface area contributed by atoms with E-state index >= 15 is 0 Å². The summed E-state index contributed by atoms with van der Waals surface area (Å²) in [6.45, 7) is 3.95. The van der Waals surface area contributed by atoms with Crippen molar-refractivity contribution in [3.05, 3.63) is 101 Å². The number of aryl methyl sites for hydroxylation is 1. The number of esters is 1. The van der Waals surface area contributed by atoms with Gasteiger partial charge in [0.25, 0.3) is 5.91 Å². The average Bonchev–Trinajstić information content (AvgIpc) is 3.32. The second kappa shape index (κ2) is 12.5. The fourth-order valence-electron chi connectivity index (χ4n) is 3.58. The molecule has 0 bridgehead atoms. The quantitative estimate of drug-likeness (QED) is 0.173. The molecule has 2 N–H and O–H groups in total. The van der Waals surface area contributed by atoms with Crippen molar-refractivity contribution in [1.29, 1.82) is 0 Å². The molecule has 38 heavy (non-hydrogen) atoms. The molecule has 0 unspecified atom stereocenters. The molecule has 0 atom stereocenters. The van der Waals surface area contributed by atoms with Gasteiger partial charge in [-0.3, -0.25) is 9.59 Å². The number of thiophene rings is 1. The van der Waals surface area contributed by atoms with Crippen molar-refractivity contribution in [2.75, 3.05) is 23.0 Å². The number of hydrogen-bond acceptors (Lipinski definition) is 6. The minimum Gasteiger partial charge on any atom is -0.462 e. The second-order valence-electron chi connectivity index (χ2n) is 8.27. The molecule has 1 aromatic heterocycles. The summed E-state index contributed by atoms with van der Waals surface area (Å²) in [6, 6.07) is 20.2. The molecular weight excluding hydrogens is 523 g/mol. The average molecular weight is 549 g/mol. The Morgan fingerprint density at radius 3 is 2.42 bits per heavy atom. The number of nitrogens with one attached hydrogen (secondary N) is 2. The van der Waals surface area contributed by atoms with Crippen molar-refractivity contribution < 1.29 is 23.5 Å². The highest BCUT2D eigenvalue weighted by atomic mass is 32.2. The van der Waals surface area contributed by atoms with Gasteiger partial charge in [0.2, 0.25) is 5.91 Å². The summed E-state index contributed by atoms with van der Waals surface area (Å²) in [4.78, 5) is 38.8. The minimum atomic E-state index is -0.489. The van der Waals surface area contributed by atoms with Crippen LogP contribution in [0.2, 0.25) is 0 Å². The Hall–Kier alpha value is -3.95. The Balaban J connectivity index is 1.42. The zero-order valence-electron chi connectivity index (χ0n) is 20.7. The van der Waals surface area contributed by atoms with E-state index in [4.69, 9.17) is 4.74 Å². The van der Waals surface area contributed by atoms with E-state index < -0.39 is 11.8 Å². The largest absolute Gasteiger partial charge is 0.462 e. The Morgan fingerprint density at radius 1 is 0.974 bits per heavy atom. The molecule has 0 spiro atoms. The molecule has 0 saturated carbocycles. The van der Waals surface area contributed by atoms with Gasteiger partial charge in [-0.2, -0.15) is 0 Å². The highest BCUT2D eigenvalue weighted by Crippen LogP contribution is 2.36. The fraction of sp³-hybridized carbons (Fsp3) is 0.138. The van der Waals surface area contributed by atoms with Gasteiger partial charge in [0.05, 0.1) is 12.4 Å². The topological polar surface area (TPSA) is 84.5 Å². The minimum absolute atomic E-state index is 0.0927. The molecule has 4 rings (SSSR count). The Labute approximate surface area is 228 Å². The van der Waals surface area contributed by atoms with Crippen molar-refractivity contribution in [3.8, 4) is 11.1 Å². The van der Waals surface area contributed by atoms with E-state index in [9.17, 15) is 18.8 Å². The smallest absolute Gasteiger partial charge is 0.341 e. The zero-order valence-corrected chi connectivity index (χ0v) is 22.4. The standard InChI is InChI=1S/C29H25FN2O4S2/c1-3-36-29(35)26-24(19-9-7-18(2)8-10-19)16-38-28(26)32-25(33)17-37-23-6-4-5-22(15-23)31-27(34)20-11-13-21(30)14-12-20/h4-16H,3,17H2,1-2H3,(H,31,34)(H,32,33). The lowest BCUT2D eigenvalue weighted by Crippen LogP contribution is -2.16. The lowest BCUT2D eigenvalue weighted by molar-refractivity contribution is -0.113. The molecular formula is C29H25FN2O4S2. The van der Waals surface area contributed by atoms with E-state index in [0.717, 1.165) is 16.0 Å². The van der Waals surface area contributed by atoms with Crippen LogP contribution < -0.4 is 10.6 Å². The van der Waals surface area contributed by atoms with Gasteiger partial charge in [-0.15, -0.1) is 23.1 Å². The van der Waals surface area contributed by atoms with Crippen LogP contribution in [0.1, 0.15) is 33.2 Å². The van der Waals surface area contributed by atoms with Gasteiger partial charge in [0, 0.05) is 27.1 Å². The number of amides is 2. The van der Waals surface area contributed by atoms with Crippen molar-refractivity contribution in [1.82, 2.24) is 0 Å². The molecule has 1 heterocycles. The molecule has 0 aliphatic rings. The molecule has 0 aliphatic carbocycles. The molecule has 6 nitrogen and oxygen atoms in total. The van der Waals surface area contributed by atoms with Gasteiger partial charge in [0.1, 0.15) is 16.4 Å². The zero-order chi connectivity index (χ0) is 27.1. The maximum Gasteiger partial charge on any atom is 0.341 e. The summed E-state index contributed by atoms with van der Waals surface area (Å²) in [5.74, 6) is -1.45. The summed E-state index contributed by atoms with van der Waals surface area (Å²) < 4.78 is 18.4. The first-order chi connectivity index (χ1) is 18.3. The van der Waals surface area contributed by atoms with Crippen LogP contribution in [0.3, 0.4) is 0 Å². The SMILES string of the molecule is CCOC(=O)c1c(-c2ccc(C)cc2)csc1NC(=O)CSc1cccc(NC(=O)c2ccc(F)cc2)c1. The van der Waals surface area contributed by atoms with E-state index in [1.165, 1.54) is 47.4 Å². The molecule has 4 aromatic rings. The second-order valence-corrected chi connectivity index (χ2v) is 10.2. The van der Waals surface area contributed by atoms with E-state index in [2.05, 4.69) is 10.6 Å². The first-order valence-corrected chi connectivity index (χ1v) is 13.7. The maximum atomic E-state index is 13.1. The van der Waals surface area contributed by atoms with Gasteiger partial charge < -0.3 is 15.4 Å². The van der Waals surface area contributed by atoms with E-state index in [1.807, 2.05) is 42.6 Å². The summed E-state index contributed by atoms with van der Waals surface area (Å²) in [5, 5.41) is 7.90. The van der Waals surface area contributed by atoms with Gasteiger partial charge in [-0.1, -0.05) is 35.9 Å². The molecule has 0 aliphatic heterocycles. The summed E-state index contributed by atoms with van der Waals surface area (Å²) >= 11 is 2.57. The van der Waals surface area contributed by atoms with Crippen LogP contribution in [0.15, 0.2) is 83.1 Å². The van der Waals surface area contributed by atoms with Gasteiger partial charge in [0.15, 0.2) is 0 Å². The third-order valence-corrected chi connectivity index (χ3v) is 7.34. The molecule has 9 heteroatoms. The number of halogens is 1. The highest BCUT2D eigenvalue weighted by Gasteiger charge is 2.23. The summed E-state index contributed by atoms with van der Waals surface area (Å²) in [6.07, 6.45) is 0. The Bertz CT molecular complexity index is 1450. The first-order valence-electron chi connectivity index (χ1n) is 11.8. The summed E-state index contributed by atoms with van der Waals surface area (Å²) in [5.41, 5.74) is 3.90. The van der Waals surface area contributed by atoms with Crippen LogP contribution in [0.5, 0.6) is 0 Å². The molecule has 0 radical (unpaired) electrons. The van der Waals surface area contributed by atoms with Crippen LogP contribution in [0.25, 0.3) is 11.1 Å². The predicted molar refractivity (Wildman–Crippen MR) is 151 cm³/mol. The van der Waals surface area contributed by atoms with Gasteiger partial charge >= 0.3 is 5.97 Å². The fourth-order valence-corrected chi connectivity index (χ4v) is 5.31.